The number of halogens is 1. The van der Waals surface area contributed by atoms with Crippen LogP contribution in [0.5, 0.6) is 0 Å². The first-order chi connectivity index (χ1) is 7.79. The Kier molecular flexibility index (Phi) is 3.29. The Morgan fingerprint density at radius 1 is 0.812 bits per heavy atom. The number of hydrogen-bond donors (Lipinski definition) is 0. The predicted molar refractivity (Wildman–Crippen MR) is 69.1 cm³/mol. The van der Waals surface area contributed by atoms with E-state index in [9.17, 15) is 0 Å². The second kappa shape index (κ2) is 4.88. The first kappa shape index (κ1) is 10.8. The largest absolute Gasteiger partial charge is 0.0969 e. The van der Waals surface area contributed by atoms with Crippen molar-refractivity contribution >= 4 is 11.6 Å². The fraction of sp³-hybridized carbons (Fsp3) is 0. The first-order valence-electron chi connectivity index (χ1n) is 4.94. The molecule has 0 heterocycles. The Labute approximate surface area is 101 Å². The van der Waals surface area contributed by atoms with Crippen LogP contribution >= 0.6 is 11.6 Å². The molecule has 1 heteroatoms. The van der Waals surface area contributed by atoms with Gasteiger partial charge in [-0.05, 0) is 35.4 Å². The topological polar surface area (TPSA) is 0 Å². The molecule has 0 saturated heterocycles. The summed E-state index contributed by atoms with van der Waals surface area (Å²) >= 11 is 5.84. The summed E-state index contributed by atoms with van der Waals surface area (Å²) in [5.41, 5.74) is 3.29. The zero-order valence-electron chi connectivity index (χ0n) is 8.70. The van der Waals surface area contributed by atoms with Crippen molar-refractivity contribution in [2.45, 2.75) is 0 Å². The van der Waals surface area contributed by atoms with Crippen LogP contribution in [-0.4, -0.2) is 0 Å². The van der Waals surface area contributed by atoms with E-state index in [1.54, 1.807) is 0 Å². The van der Waals surface area contributed by atoms with Gasteiger partial charge >= 0.3 is 0 Å². The van der Waals surface area contributed by atoms with Crippen molar-refractivity contribution in [3.8, 4) is 23.0 Å². The van der Waals surface area contributed by atoms with Gasteiger partial charge in [-0.25, -0.2) is 0 Å². The summed E-state index contributed by atoms with van der Waals surface area (Å²) in [4.78, 5) is 0. The fourth-order valence-corrected chi connectivity index (χ4v) is 1.62. The zero-order valence-corrected chi connectivity index (χ0v) is 9.46. The SMILES string of the molecule is [CH2]C#Cc1ccc(-c2ccc(Cl)cc2)cc1. The van der Waals surface area contributed by atoms with E-state index in [1.807, 2.05) is 48.5 Å². The lowest BCUT2D eigenvalue weighted by molar-refractivity contribution is 1.59. The molecule has 0 aromatic heterocycles. The van der Waals surface area contributed by atoms with E-state index in [-0.39, 0.29) is 0 Å². The van der Waals surface area contributed by atoms with E-state index in [2.05, 4.69) is 18.8 Å². The second-order valence-electron chi connectivity index (χ2n) is 3.39. The predicted octanol–water partition coefficient (Wildman–Crippen LogP) is 4.19. The molecule has 1 radical (unpaired) electrons. The smallest absolute Gasteiger partial charge is 0.0406 e. The molecule has 0 amide bonds. The summed E-state index contributed by atoms with van der Waals surface area (Å²) in [6.07, 6.45) is 0. The van der Waals surface area contributed by atoms with Crippen molar-refractivity contribution in [2.24, 2.45) is 0 Å². The lowest BCUT2D eigenvalue weighted by Gasteiger charge is -2.01. The van der Waals surface area contributed by atoms with Crippen molar-refractivity contribution in [1.29, 1.82) is 0 Å². The molecule has 0 nitrogen and oxygen atoms in total. The minimum atomic E-state index is 0.753. The molecule has 0 bridgehead atoms. The van der Waals surface area contributed by atoms with Gasteiger partial charge < -0.3 is 0 Å². The van der Waals surface area contributed by atoms with E-state index >= 15 is 0 Å². The van der Waals surface area contributed by atoms with Crippen molar-refractivity contribution < 1.29 is 0 Å². The van der Waals surface area contributed by atoms with Crippen LogP contribution in [0.4, 0.5) is 0 Å². The molecule has 0 fully saturated rings. The Bertz CT molecular complexity index is 524. The molecule has 2 rings (SSSR count). The highest BCUT2D eigenvalue weighted by Crippen LogP contribution is 2.21. The summed E-state index contributed by atoms with van der Waals surface area (Å²) in [6, 6.07) is 15.9. The molecule has 0 aliphatic rings. The molecule has 0 spiro atoms. The summed E-state index contributed by atoms with van der Waals surface area (Å²) in [6.45, 7) is 3.50. The fourth-order valence-electron chi connectivity index (χ4n) is 1.49. The van der Waals surface area contributed by atoms with E-state index in [0.29, 0.717) is 0 Å². The molecule has 0 aliphatic carbocycles. The van der Waals surface area contributed by atoms with Gasteiger partial charge in [0.25, 0.3) is 0 Å². The van der Waals surface area contributed by atoms with Crippen LogP contribution in [0.2, 0.25) is 5.02 Å². The summed E-state index contributed by atoms with van der Waals surface area (Å²) in [7, 11) is 0. The molecule has 0 atom stereocenters. The van der Waals surface area contributed by atoms with Gasteiger partial charge in [0.15, 0.2) is 0 Å². The highest BCUT2D eigenvalue weighted by molar-refractivity contribution is 6.30. The van der Waals surface area contributed by atoms with Gasteiger partial charge in [-0.3, -0.25) is 0 Å². The van der Waals surface area contributed by atoms with Crippen LogP contribution < -0.4 is 0 Å². The van der Waals surface area contributed by atoms with Crippen LogP contribution in [0.25, 0.3) is 11.1 Å². The minimum Gasteiger partial charge on any atom is -0.0969 e. The quantitative estimate of drug-likeness (QED) is 0.639. The summed E-state index contributed by atoms with van der Waals surface area (Å²) < 4.78 is 0. The first-order valence-corrected chi connectivity index (χ1v) is 5.31. The maximum Gasteiger partial charge on any atom is 0.0406 e. The molecule has 2 aromatic rings. The third-order valence-corrected chi connectivity index (χ3v) is 2.55. The normalized spacial score (nSPS) is 9.38. The summed E-state index contributed by atoms with van der Waals surface area (Å²) in [5, 5.41) is 0.753. The van der Waals surface area contributed by atoms with E-state index in [1.165, 1.54) is 0 Å². The highest BCUT2D eigenvalue weighted by atomic mass is 35.5. The average Bonchev–Trinajstić information content (AvgIpc) is 2.32. The van der Waals surface area contributed by atoms with Gasteiger partial charge in [0, 0.05) is 17.5 Å². The van der Waals surface area contributed by atoms with E-state index < -0.39 is 0 Å². The van der Waals surface area contributed by atoms with Gasteiger partial charge in [0.1, 0.15) is 0 Å². The van der Waals surface area contributed by atoms with Crippen LogP contribution in [0.3, 0.4) is 0 Å². The van der Waals surface area contributed by atoms with E-state index in [4.69, 9.17) is 11.6 Å². The van der Waals surface area contributed by atoms with Gasteiger partial charge in [0.05, 0.1) is 0 Å². The van der Waals surface area contributed by atoms with Crippen LogP contribution in [0.15, 0.2) is 48.5 Å². The maximum atomic E-state index is 5.84. The van der Waals surface area contributed by atoms with Crippen molar-refractivity contribution in [3.63, 3.8) is 0 Å². The summed E-state index contributed by atoms with van der Waals surface area (Å²) in [5.74, 6) is 5.55. The number of rotatable bonds is 1. The molecule has 2 aromatic carbocycles. The van der Waals surface area contributed by atoms with Crippen LogP contribution in [0.1, 0.15) is 5.56 Å². The average molecular weight is 226 g/mol. The van der Waals surface area contributed by atoms with Crippen molar-refractivity contribution in [2.75, 3.05) is 0 Å². The van der Waals surface area contributed by atoms with E-state index in [0.717, 1.165) is 21.7 Å². The maximum absolute atomic E-state index is 5.84. The Morgan fingerprint density at radius 2 is 1.31 bits per heavy atom. The van der Waals surface area contributed by atoms with Gasteiger partial charge in [-0.2, -0.15) is 0 Å². The van der Waals surface area contributed by atoms with Crippen molar-refractivity contribution in [1.82, 2.24) is 0 Å². The lowest BCUT2D eigenvalue weighted by Crippen LogP contribution is -1.78. The molecule has 0 aliphatic heterocycles. The lowest BCUT2D eigenvalue weighted by atomic mass is 10.0. The van der Waals surface area contributed by atoms with Gasteiger partial charge in [0.2, 0.25) is 0 Å². The minimum absolute atomic E-state index is 0.753. The second-order valence-corrected chi connectivity index (χ2v) is 3.82. The molecular formula is C15H10Cl. The standard InChI is InChI=1S/C15H10Cl/c1-2-3-12-4-6-13(7-5-12)14-8-10-15(16)11-9-14/h4-11H,1H2. The Hall–Kier alpha value is -1.71. The van der Waals surface area contributed by atoms with Crippen molar-refractivity contribution in [3.05, 3.63) is 66.0 Å². The van der Waals surface area contributed by atoms with Crippen LogP contribution in [-0.2, 0) is 0 Å². The van der Waals surface area contributed by atoms with Gasteiger partial charge in [-0.15, -0.1) is 0 Å². The monoisotopic (exact) mass is 225 g/mol. The number of benzene rings is 2. The molecule has 16 heavy (non-hydrogen) atoms. The molecule has 0 N–H and O–H groups in total. The molecule has 0 unspecified atom stereocenters. The third-order valence-electron chi connectivity index (χ3n) is 2.30. The molecule has 0 saturated carbocycles. The Morgan fingerprint density at radius 3 is 1.81 bits per heavy atom. The zero-order chi connectivity index (χ0) is 11.4. The molecular weight excluding hydrogens is 216 g/mol. The number of hydrogen-bond acceptors (Lipinski definition) is 0. The third kappa shape index (κ3) is 2.45. The van der Waals surface area contributed by atoms with Gasteiger partial charge in [-0.1, -0.05) is 47.7 Å². The molecule has 77 valence electrons. The highest BCUT2D eigenvalue weighted by Gasteiger charge is 1.96. The Balaban J connectivity index is 2.33. The van der Waals surface area contributed by atoms with Crippen LogP contribution in [0, 0.1) is 18.8 Å².